The molecule has 8 nitrogen and oxygen atoms in total. The number of rotatable bonds is 3. The molecule has 1 aromatic heterocycles. The highest BCUT2D eigenvalue weighted by atomic mass is 16.5. The molecule has 0 unspecified atom stereocenters. The largest absolute Gasteiger partial charge is 0.497 e. The molecule has 4 rings (SSSR count). The summed E-state index contributed by atoms with van der Waals surface area (Å²) in [6.07, 6.45) is 1.67. The Balaban J connectivity index is 1.74. The lowest BCUT2D eigenvalue weighted by atomic mass is 9.99. The van der Waals surface area contributed by atoms with Crippen LogP contribution in [-0.4, -0.2) is 34.3 Å². The van der Waals surface area contributed by atoms with Gasteiger partial charge >= 0.3 is 6.03 Å². The topological polar surface area (TPSA) is 116 Å². The van der Waals surface area contributed by atoms with Gasteiger partial charge in [0, 0.05) is 22.5 Å². The number of imide groups is 1. The third kappa shape index (κ3) is 3.27. The predicted octanol–water partition coefficient (Wildman–Crippen LogP) is 1.86. The molecule has 3 aromatic rings. The molecule has 0 bridgehead atoms. The number of nitrogens with zero attached hydrogens (tertiary/aromatic N) is 2. The van der Waals surface area contributed by atoms with Crippen LogP contribution in [0.2, 0.25) is 0 Å². The zero-order valence-corrected chi connectivity index (χ0v) is 15.9. The number of carbonyl (C=O) groups excluding carboxylic acids is 2. The summed E-state index contributed by atoms with van der Waals surface area (Å²) in [4.78, 5) is 24.5. The Kier molecular flexibility index (Phi) is 4.53. The first-order chi connectivity index (χ1) is 14.4. The van der Waals surface area contributed by atoms with Gasteiger partial charge in [-0.1, -0.05) is 11.8 Å². The summed E-state index contributed by atoms with van der Waals surface area (Å²) in [6.45, 7) is -0.101. The lowest BCUT2D eigenvalue weighted by molar-refractivity contribution is -0.122. The van der Waals surface area contributed by atoms with E-state index in [0.717, 1.165) is 5.39 Å². The van der Waals surface area contributed by atoms with Crippen molar-refractivity contribution in [2.75, 3.05) is 7.11 Å². The van der Waals surface area contributed by atoms with Gasteiger partial charge in [0.25, 0.3) is 5.91 Å². The van der Waals surface area contributed by atoms with Crippen LogP contribution in [0.5, 0.6) is 11.6 Å². The first kappa shape index (κ1) is 18.9. The number of carbonyl (C=O) groups is 2. The number of ether oxygens (including phenoxy) is 1. The molecular formula is C22H16N4O4. The highest BCUT2D eigenvalue weighted by Crippen LogP contribution is 2.31. The van der Waals surface area contributed by atoms with Crippen molar-refractivity contribution in [2.24, 2.45) is 0 Å². The molecule has 0 radical (unpaired) electrons. The molecule has 3 amide bonds. The average Bonchev–Trinajstić information content (AvgIpc) is 3.21. The van der Waals surface area contributed by atoms with Gasteiger partial charge in [0.05, 0.1) is 25.3 Å². The van der Waals surface area contributed by atoms with Crippen LogP contribution in [-0.2, 0) is 11.3 Å². The van der Waals surface area contributed by atoms with Crippen molar-refractivity contribution in [2.45, 2.75) is 12.1 Å². The van der Waals surface area contributed by atoms with Crippen molar-refractivity contribution in [1.29, 1.82) is 5.26 Å². The summed E-state index contributed by atoms with van der Waals surface area (Å²) in [5.41, 5.74) is -0.503. The number of aromatic nitrogens is 1. The number of hydrogen-bond donors (Lipinski definition) is 3. The molecule has 1 saturated heterocycles. The summed E-state index contributed by atoms with van der Waals surface area (Å²) in [5, 5.41) is 25.6. The fourth-order valence-electron chi connectivity index (χ4n) is 3.27. The minimum Gasteiger partial charge on any atom is -0.497 e. The summed E-state index contributed by atoms with van der Waals surface area (Å²) < 4.78 is 6.65. The molecule has 8 heteroatoms. The number of urea groups is 1. The van der Waals surface area contributed by atoms with Crippen LogP contribution in [0.4, 0.5) is 4.79 Å². The summed E-state index contributed by atoms with van der Waals surface area (Å²) in [7, 11) is 1.53. The minimum atomic E-state index is -1.57. The number of amides is 3. The summed E-state index contributed by atoms with van der Waals surface area (Å²) in [6, 6.07) is 13.1. The van der Waals surface area contributed by atoms with Crippen LogP contribution < -0.4 is 15.4 Å². The highest BCUT2D eigenvalue weighted by Gasteiger charge is 2.46. The second-order valence-corrected chi connectivity index (χ2v) is 6.79. The Labute approximate surface area is 171 Å². The Morgan fingerprint density at radius 2 is 1.90 bits per heavy atom. The van der Waals surface area contributed by atoms with Gasteiger partial charge in [-0.15, -0.1) is 0 Å². The van der Waals surface area contributed by atoms with E-state index in [1.165, 1.54) is 11.7 Å². The fraction of sp³-hybridized carbons (Fsp3) is 0.136. The number of aromatic hydroxyl groups is 1. The number of benzene rings is 2. The molecule has 0 saturated carbocycles. The zero-order valence-electron chi connectivity index (χ0n) is 15.9. The van der Waals surface area contributed by atoms with Crippen molar-refractivity contribution in [1.82, 2.24) is 15.2 Å². The van der Waals surface area contributed by atoms with E-state index in [9.17, 15) is 14.7 Å². The van der Waals surface area contributed by atoms with Gasteiger partial charge in [-0.3, -0.25) is 10.1 Å². The van der Waals surface area contributed by atoms with Crippen LogP contribution in [0.3, 0.4) is 0 Å². The Bertz CT molecular complexity index is 1270. The third-order valence-electron chi connectivity index (χ3n) is 4.85. The molecule has 3 N–H and O–H groups in total. The van der Waals surface area contributed by atoms with Gasteiger partial charge in [0.1, 0.15) is 5.75 Å². The predicted molar refractivity (Wildman–Crippen MR) is 108 cm³/mol. The second kappa shape index (κ2) is 7.19. The van der Waals surface area contributed by atoms with Gasteiger partial charge in [-0.25, -0.2) is 4.79 Å². The first-order valence-corrected chi connectivity index (χ1v) is 8.97. The lowest BCUT2D eigenvalue weighted by Gasteiger charge is -2.20. The van der Waals surface area contributed by atoms with E-state index in [1.807, 2.05) is 6.07 Å². The van der Waals surface area contributed by atoms with E-state index in [1.54, 1.807) is 48.7 Å². The molecule has 30 heavy (non-hydrogen) atoms. The van der Waals surface area contributed by atoms with Gasteiger partial charge in [-0.2, -0.15) is 5.26 Å². The Morgan fingerprint density at radius 3 is 2.53 bits per heavy atom. The third-order valence-corrected chi connectivity index (χ3v) is 4.85. The van der Waals surface area contributed by atoms with Crippen molar-refractivity contribution in [3.05, 3.63) is 59.8 Å². The van der Waals surface area contributed by atoms with Crippen molar-refractivity contribution in [3.63, 3.8) is 0 Å². The molecule has 148 valence electrons. The SMILES string of the molecule is COc1ccc2cn(C[C@@]3(C#Cc4ccc(C#N)cc4)NC(=O)NC3=O)c(O)c2c1. The Hall–Kier alpha value is -4.43. The van der Waals surface area contributed by atoms with Gasteiger partial charge in [-0.05, 0) is 42.5 Å². The van der Waals surface area contributed by atoms with E-state index >= 15 is 0 Å². The fourth-order valence-corrected chi connectivity index (χ4v) is 3.27. The molecule has 2 aromatic carbocycles. The normalized spacial score (nSPS) is 17.6. The monoisotopic (exact) mass is 400 g/mol. The standard InChI is InChI=1S/C22H16N4O4/c1-30-17-7-6-16-12-26(19(27)18(16)10-17)13-22(20(28)24-21(29)25-22)9-8-14-2-4-15(11-23)5-3-14/h2-7,10,12,27H,13H2,1H3,(H2,24,25,28,29)/t22-/m1/s1. The maximum atomic E-state index is 12.6. The molecular weight excluding hydrogens is 384 g/mol. The first-order valence-electron chi connectivity index (χ1n) is 8.97. The van der Waals surface area contributed by atoms with Crippen LogP contribution in [0.15, 0.2) is 48.7 Å². The molecule has 1 fully saturated rings. The molecule has 1 aliphatic heterocycles. The van der Waals surface area contributed by atoms with Gasteiger partial charge < -0.3 is 19.7 Å². The average molecular weight is 400 g/mol. The van der Waals surface area contributed by atoms with Crippen molar-refractivity contribution < 1.29 is 19.4 Å². The Morgan fingerprint density at radius 1 is 1.17 bits per heavy atom. The van der Waals surface area contributed by atoms with Crippen molar-refractivity contribution in [3.8, 4) is 29.5 Å². The maximum absolute atomic E-state index is 12.6. The van der Waals surface area contributed by atoms with Crippen LogP contribution >= 0.6 is 0 Å². The highest BCUT2D eigenvalue weighted by molar-refractivity contribution is 6.09. The van der Waals surface area contributed by atoms with Gasteiger partial charge in [0.2, 0.25) is 5.54 Å². The minimum absolute atomic E-state index is 0.0719. The molecule has 0 aliphatic carbocycles. The lowest BCUT2D eigenvalue weighted by Crippen LogP contribution is -2.49. The quantitative estimate of drug-likeness (QED) is 0.458. The van der Waals surface area contributed by atoms with E-state index in [2.05, 4.69) is 22.5 Å². The summed E-state index contributed by atoms with van der Waals surface area (Å²) >= 11 is 0. The summed E-state index contributed by atoms with van der Waals surface area (Å²) in [5.74, 6) is 5.61. The number of fused-ring (bicyclic) bond motifs is 1. The number of hydrogen-bond acceptors (Lipinski definition) is 5. The zero-order chi connectivity index (χ0) is 21.3. The van der Waals surface area contributed by atoms with Crippen molar-refractivity contribution >= 4 is 22.7 Å². The van der Waals surface area contributed by atoms with E-state index in [-0.39, 0.29) is 12.4 Å². The van der Waals surface area contributed by atoms with Gasteiger partial charge in [0.15, 0.2) is 5.88 Å². The molecule has 1 atom stereocenters. The van der Waals surface area contributed by atoms with Crippen LogP contribution in [0.1, 0.15) is 11.1 Å². The number of nitriles is 1. The van der Waals surface area contributed by atoms with Crippen LogP contribution in [0, 0.1) is 23.2 Å². The number of methoxy groups -OCH3 is 1. The van der Waals surface area contributed by atoms with Crippen LogP contribution in [0.25, 0.3) is 10.8 Å². The van der Waals surface area contributed by atoms with E-state index in [0.29, 0.717) is 22.3 Å². The molecule has 2 heterocycles. The molecule has 1 aliphatic rings. The molecule has 0 spiro atoms. The number of nitrogens with one attached hydrogen (secondary N) is 2. The second-order valence-electron chi connectivity index (χ2n) is 6.79. The van der Waals surface area contributed by atoms with E-state index in [4.69, 9.17) is 10.00 Å². The maximum Gasteiger partial charge on any atom is 0.323 e. The smallest absolute Gasteiger partial charge is 0.323 e. The van der Waals surface area contributed by atoms with E-state index < -0.39 is 17.5 Å².